The van der Waals surface area contributed by atoms with Crippen LogP contribution in [0.5, 0.6) is 0 Å². The minimum absolute atomic E-state index is 0.0167. The number of benzene rings is 2. The van der Waals surface area contributed by atoms with Gasteiger partial charge < -0.3 is 11.5 Å². The van der Waals surface area contributed by atoms with E-state index in [2.05, 4.69) is 38.8 Å². The van der Waals surface area contributed by atoms with Crippen molar-refractivity contribution in [3.05, 3.63) is 65.7 Å². The molecule has 144 valence electrons. The average molecular weight is 374 g/mol. The van der Waals surface area contributed by atoms with E-state index in [4.69, 9.17) is 16.5 Å². The molecule has 3 rings (SSSR count). The molecule has 0 saturated carbocycles. The molecule has 1 atom stereocenters. The van der Waals surface area contributed by atoms with Gasteiger partial charge in [-0.15, -0.1) is 0 Å². The van der Waals surface area contributed by atoms with Gasteiger partial charge in [-0.1, -0.05) is 70.2 Å². The topological polar surface area (TPSA) is 94.4 Å². The lowest BCUT2D eigenvalue weighted by molar-refractivity contribution is 0.100. The van der Waals surface area contributed by atoms with Crippen LogP contribution >= 0.6 is 0 Å². The Hall–Kier alpha value is -3.21. The van der Waals surface area contributed by atoms with Crippen molar-refractivity contribution in [2.75, 3.05) is 0 Å². The first kappa shape index (κ1) is 19.5. The lowest BCUT2D eigenvalue weighted by atomic mass is 9.76. The second-order valence-electron chi connectivity index (χ2n) is 8.09. The first-order valence-corrected chi connectivity index (χ1v) is 9.31. The number of guanidine groups is 1. The fraction of sp³-hybridized carbons (Fsp3) is 0.261. The van der Waals surface area contributed by atoms with Crippen LogP contribution in [0, 0.1) is 5.41 Å². The molecule has 0 saturated heterocycles. The van der Waals surface area contributed by atoms with Crippen molar-refractivity contribution in [1.29, 1.82) is 0 Å². The standard InChI is InChI=1S/C23H26N4O/c1-14(23(2,3)4)16-11-8-12-18-20(16)17(21(28)27-22(24)25)13-19(26-18)15-9-6-5-7-10-15/h5-14H,1-4H3,(H4,24,25,27,28). The van der Waals surface area contributed by atoms with E-state index >= 15 is 0 Å². The van der Waals surface area contributed by atoms with Crippen LogP contribution in [0.4, 0.5) is 0 Å². The SMILES string of the molecule is CC(c1cccc2nc(-c3ccccc3)cc(C(=O)N=C(N)N)c12)C(C)(C)C. The van der Waals surface area contributed by atoms with Gasteiger partial charge in [0.25, 0.3) is 5.91 Å². The van der Waals surface area contributed by atoms with E-state index in [-0.39, 0.29) is 17.3 Å². The summed E-state index contributed by atoms with van der Waals surface area (Å²) in [5.74, 6) is -0.512. The van der Waals surface area contributed by atoms with Crippen LogP contribution in [0.1, 0.15) is 49.5 Å². The number of hydrogen-bond acceptors (Lipinski definition) is 2. The quantitative estimate of drug-likeness (QED) is 0.522. The Bertz CT molecular complexity index is 1050. The van der Waals surface area contributed by atoms with Crippen LogP contribution in [0.3, 0.4) is 0 Å². The van der Waals surface area contributed by atoms with Crippen molar-refractivity contribution in [1.82, 2.24) is 4.98 Å². The molecule has 1 heterocycles. The smallest absolute Gasteiger partial charge is 0.280 e. The van der Waals surface area contributed by atoms with Crippen LogP contribution in [0.15, 0.2) is 59.6 Å². The first-order chi connectivity index (χ1) is 13.2. The van der Waals surface area contributed by atoms with E-state index in [1.165, 1.54) is 0 Å². The number of carbonyl (C=O) groups excluding carboxylic acids is 1. The van der Waals surface area contributed by atoms with Crippen LogP contribution in [0.25, 0.3) is 22.2 Å². The van der Waals surface area contributed by atoms with Gasteiger partial charge in [-0.25, -0.2) is 4.98 Å². The largest absolute Gasteiger partial charge is 0.370 e. The summed E-state index contributed by atoms with van der Waals surface area (Å²) in [7, 11) is 0. The van der Waals surface area contributed by atoms with Gasteiger partial charge in [0.05, 0.1) is 16.8 Å². The van der Waals surface area contributed by atoms with Gasteiger partial charge in [0, 0.05) is 10.9 Å². The van der Waals surface area contributed by atoms with Gasteiger partial charge in [-0.05, 0) is 29.0 Å². The lowest BCUT2D eigenvalue weighted by Gasteiger charge is -2.29. The molecule has 5 nitrogen and oxygen atoms in total. The zero-order chi connectivity index (χ0) is 20.5. The Kier molecular flexibility index (Phi) is 5.18. The molecule has 1 amide bonds. The number of nitrogens with zero attached hydrogens (tertiary/aromatic N) is 2. The van der Waals surface area contributed by atoms with E-state index in [1.54, 1.807) is 6.07 Å². The number of fused-ring (bicyclic) bond motifs is 1. The third-order valence-corrected chi connectivity index (χ3v) is 5.16. The normalized spacial score (nSPS) is 12.6. The molecule has 1 aromatic heterocycles. The van der Waals surface area contributed by atoms with Crippen molar-refractivity contribution in [2.24, 2.45) is 21.9 Å². The number of pyridine rings is 1. The Morgan fingerprint density at radius 2 is 1.71 bits per heavy atom. The van der Waals surface area contributed by atoms with Crippen molar-refractivity contribution in [3.8, 4) is 11.3 Å². The van der Waals surface area contributed by atoms with Crippen LogP contribution in [0.2, 0.25) is 0 Å². The number of carbonyl (C=O) groups is 1. The van der Waals surface area contributed by atoms with E-state index in [0.717, 1.165) is 22.0 Å². The van der Waals surface area contributed by atoms with Crippen LogP contribution < -0.4 is 11.5 Å². The summed E-state index contributed by atoms with van der Waals surface area (Å²) in [5.41, 5.74) is 14.9. The number of amides is 1. The summed E-state index contributed by atoms with van der Waals surface area (Å²) >= 11 is 0. The van der Waals surface area contributed by atoms with Gasteiger partial charge in [0.2, 0.25) is 0 Å². The highest BCUT2D eigenvalue weighted by Crippen LogP contribution is 2.39. The van der Waals surface area contributed by atoms with E-state index in [9.17, 15) is 4.79 Å². The van der Waals surface area contributed by atoms with Gasteiger partial charge in [-0.2, -0.15) is 4.99 Å². The molecule has 28 heavy (non-hydrogen) atoms. The molecular formula is C23H26N4O. The molecule has 4 N–H and O–H groups in total. The summed E-state index contributed by atoms with van der Waals surface area (Å²) in [6.45, 7) is 8.70. The average Bonchev–Trinajstić information content (AvgIpc) is 2.65. The monoisotopic (exact) mass is 374 g/mol. The van der Waals surface area contributed by atoms with Crippen LogP contribution in [-0.2, 0) is 0 Å². The maximum Gasteiger partial charge on any atom is 0.280 e. The third kappa shape index (κ3) is 3.88. The van der Waals surface area contributed by atoms with Crippen LogP contribution in [-0.4, -0.2) is 16.9 Å². The van der Waals surface area contributed by atoms with Gasteiger partial charge in [-0.3, -0.25) is 4.79 Å². The van der Waals surface area contributed by atoms with E-state index in [1.807, 2.05) is 42.5 Å². The minimum atomic E-state index is -0.460. The predicted octanol–water partition coefficient (Wildman–Crippen LogP) is 4.47. The number of hydrogen-bond donors (Lipinski definition) is 2. The fourth-order valence-corrected chi connectivity index (χ4v) is 3.25. The second kappa shape index (κ2) is 7.43. The molecule has 0 radical (unpaired) electrons. The molecule has 0 bridgehead atoms. The molecule has 0 spiro atoms. The Balaban J connectivity index is 2.35. The Labute approximate surface area is 165 Å². The first-order valence-electron chi connectivity index (χ1n) is 9.31. The van der Waals surface area contributed by atoms with Crippen molar-refractivity contribution < 1.29 is 4.79 Å². The highest BCUT2D eigenvalue weighted by atomic mass is 16.1. The number of aliphatic imine (C=N–C) groups is 1. The van der Waals surface area contributed by atoms with Gasteiger partial charge >= 0.3 is 0 Å². The van der Waals surface area contributed by atoms with Gasteiger partial charge in [0.1, 0.15) is 0 Å². The Morgan fingerprint density at radius 3 is 2.32 bits per heavy atom. The Morgan fingerprint density at radius 1 is 1.04 bits per heavy atom. The molecular weight excluding hydrogens is 348 g/mol. The van der Waals surface area contributed by atoms with Crippen molar-refractivity contribution in [2.45, 2.75) is 33.6 Å². The zero-order valence-corrected chi connectivity index (χ0v) is 16.7. The molecule has 0 aliphatic heterocycles. The summed E-state index contributed by atoms with van der Waals surface area (Å²) in [6.07, 6.45) is 0. The maximum atomic E-state index is 12.9. The number of aromatic nitrogens is 1. The predicted molar refractivity (Wildman–Crippen MR) is 115 cm³/mol. The molecule has 0 aliphatic carbocycles. The van der Waals surface area contributed by atoms with Crippen molar-refractivity contribution in [3.63, 3.8) is 0 Å². The molecule has 2 aromatic carbocycles. The maximum absolute atomic E-state index is 12.9. The molecule has 0 fully saturated rings. The summed E-state index contributed by atoms with van der Waals surface area (Å²) in [6, 6.07) is 17.5. The third-order valence-electron chi connectivity index (χ3n) is 5.16. The molecule has 1 unspecified atom stereocenters. The summed E-state index contributed by atoms with van der Waals surface area (Å²) in [4.78, 5) is 21.5. The zero-order valence-electron chi connectivity index (χ0n) is 16.7. The van der Waals surface area contributed by atoms with E-state index < -0.39 is 5.91 Å². The second-order valence-corrected chi connectivity index (χ2v) is 8.09. The highest BCUT2D eigenvalue weighted by Gasteiger charge is 2.26. The van der Waals surface area contributed by atoms with E-state index in [0.29, 0.717) is 11.3 Å². The number of rotatable bonds is 3. The van der Waals surface area contributed by atoms with Crippen molar-refractivity contribution >= 4 is 22.8 Å². The number of nitrogens with two attached hydrogens (primary N) is 2. The van der Waals surface area contributed by atoms with Gasteiger partial charge in [0.15, 0.2) is 5.96 Å². The fourth-order valence-electron chi connectivity index (χ4n) is 3.25. The highest BCUT2D eigenvalue weighted by molar-refractivity contribution is 6.11. The molecule has 3 aromatic rings. The lowest BCUT2D eigenvalue weighted by Crippen LogP contribution is -2.24. The summed E-state index contributed by atoms with van der Waals surface area (Å²) in [5, 5.41) is 0.805. The minimum Gasteiger partial charge on any atom is -0.370 e. The molecule has 0 aliphatic rings. The molecule has 5 heteroatoms. The summed E-state index contributed by atoms with van der Waals surface area (Å²) < 4.78 is 0.